The highest BCUT2D eigenvalue weighted by Gasteiger charge is 2.19. The van der Waals surface area contributed by atoms with Crippen LogP contribution in [0.5, 0.6) is 0 Å². The molecule has 0 bridgehead atoms. The van der Waals surface area contributed by atoms with Gasteiger partial charge in [-0.2, -0.15) is 0 Å². The van der Waals surface area contributed by atoms with E-state index in [1.807, 2.05) is 0 Å². The van der Waals surface area contributed by atoms with Crippen molar-refractivity contribution >= 4 is 17.9 Å². The van der Waals surface area contributed by atoms with Crippen molar-refractivity contribution in [2.45, 2.75) is 290 Å². The van der Waals surface area contributed by atoms with Gasteiger partial charge in [0.25, 0.3) is 0 Å². The fraction of sp³-hybridized carbons (Fsp3) is 0.712. The molecule has 0 amide bonds. The Kier molecular flexibility index (Phi) is 56.8. The second-order valence-electron chi connectivity index (χ2n) is 19.9. The molecule has 0 aliphatic heterocycles. The summed E-state index contributed by atoms with van der Waals surface area (Å²) in [6.07, 6.45) is 79.7. The molecule has 0 spiro atoms. The predicted octanol–water partition coefficient (Wildman–Crippen LogP) is 20.5. The number of esters is 3. The molecule has 0 aliphatic rings. The summed E-state index contributed by atoms with van der Waals surface area (Å²) in [7, 11) is 0. The number of hydrogen-bond acceptors (Lipinski definition) is 6. The molecular formula is C66H112O6. The van der Waals surface area contributed by atoms with Crippen molar-refractivity contribution in [2.24, 2.45) is 0 Å². The molecule has 6 nitrogen and oxygen atoms in total. The summed E-state index contributed by atoms with van der Waals surface area (Å²) in [5.74, 6) is -0.908. The van der Waals surface area contributed by atoms with Gasteiger partial charge >= 0.3 is 17.9 Å². The van der Waals surface area contributed by atoms with Crippen LogP contribution in [-0.2, 0) is 28.6 Å². The van der Waals surface area contributed by atoms with Crippen molar-refractivity contribution in [3.8, 4) is 0 Å². The fourth-order valence-electron chi connectivity index (χ4n) is 8.30. The van der Waals surface area contributed by atoms with Gasteiger partial charge in [-0.1, -0.05) is 259 Å². The number of ether oxygens (including phenoxy) is 3. The van der Waals surface area contributed by atoms with Crippen LogP contribution >= 0.6 is 0 Å². The largest absolute Gasteiger partial charge is 0.462 e. The Hall–Kier alpha value is -3.67. The number of allylic oxidation sites excluding steroid dienone is 16. The number of carbonyl (C=O) groups is 3. The van der Waals surface area contributed by atoms with E-state index < -0.39 is 6.10 Å². The topological polar surface area (TPSA) is 78.9 Å². The molecular weight excluding hydrogens is 889 g/mol. The number of hydrogen-bond donors (Lipinski definition) is 0. The first-order valence-electron chi connectivity index (χ1n) is 30.2. The molecule has 0 saturated carbocycles. The van der Waals surface area contributed by atoms with Gasteiger partial charge < -0.3 is 14.2 Å². The van der Waals surface area contributed by atoms with Crippen LogP contribution in [-0.4, -0.2) is 37.2 Å². The maximum atomic E-state index is 12.9. The minimum atomic E-state index is -0.789. The van der Waals surface area contributed by atoms with Crippen molar-refractivity contribution in [3.63, 3.8) is 0 Å². The zero-order valence-corrected chi connectivity index (χ0v) is 47.2. The summed E-state index contributed by atoms with van der Waals surface area (Å²) in [4.78, 5) is 38.1. The monoisotopic (exact) mass is 1000 g/mol. The smallest absolute Gasteiger partial charge is 0.306 e. The third-order valence-electron chi connectivity index (χ3n) is 12.8. The van der Waals surface area contributed by atoms with E-state index in [0.29, 0.717) is 19.3 Å². The molecule has 0 rings (SSSR count). The molecule has 0 aromatic carbocycles. The van der Waals surface area contributed by atoms with Crippen molar-refractivity contribution in [1.82, 2.24) is 0 Å². The average molecular weight is 1000 g/mol. The third kappa shape index (κ3) is 57.2. The van der Waals surface area contributed by atoms with Crippen LogP contribution < -0.4 is 0 Å². The van der Waals surface area contributed by atoms with Crippen LogP contribution in [0.1, 0.15) is 284 Å². The van der Waals surface area contributed by atoms with Crippen molar-refractivity contribution in [2.75, 3.05) is 13.2 Å². The first kappa shape index (κ1) is 68.3. The van der Waals surface area contributed by atoms with Crippen LogP contribution in [0.25, 0.3) is 0 Å². The lowest BCUT2D eigenvalue weighted by atomic mass is 10.1. The van der Waals surface area contributed by atoms with Crippen LogP contribution in [0.3, 0.4) is 0 Å². The second-order valence-corrected chi connectivity index (χ2v) is 19.9. The Morgan fingerprint density at radius 3 is 0.861 bits per heavy atom. The molecule has 6 heteroatoms. The van der Waals surface area contributed by atoms with Crippen LogP contribution in [0.15, 0.2) is 97.2 Å². The summed E-state index contributed by atoms with van der Waals surface area (Å²) in [6, 6.07) is 0. The maximum absolute atomic E-state index is 12.9. The van der Waals surface area contributed by atoms with Gasteiger partial charge in [0.1, 0.15) is 13.2 Å². The summed E-state index contributed by atoms with van der Waals surface area (Å²) in [5, 5.41) is 0. The number of unbranched alkanes of at least 4 members (excludes halogenated alkanes) is 27. The second kappa shape index (κ2) is 59.9. The molecule has 0 radical (unpaired) electrons. The van der Waals surface area contributed by atoms with Crippen molar-refractivity contribution in [3.05, 3.63) is 97.2 Å². The van der Waals surface area contributed by atoms with Crippen LogP contribution in [0.4, 0.5) is 0 Å². The van der Waals surface area contributed by atoms with E-state index in [9.17, 15) is 14.4 Å². The average Bonchev–Trinajstić information content (AvgIpc) is 3.38. The van der Waals surface area contributed by atoms with Gasteiger partial charge in [0.15, 0.2) is 6.10 Å². The summed E-state index contributed by atoms with van der Waals surface area (Å²) >= 11 is 0. The molecule has 0 heterocycles. The molecule has 0 aliphatic carbocycles. The molecule has 1 atom stereocenters. The molecule has 72 heavy (non-hydrogen) atoms. The Morgan fingerprint density at radius 2 is 0.542 bits per heavy atom. The lowest BCUT2D eigenvalue weighted by Gasteiger charge is -2.18. The maximum Gasteiger partial charge on any atom is 0.306 e. The van der Waals surface area contributed by atoms with Gasteiger partial charge in [-0.05, 0) is 103 Å². The molecule has 1 unspecified atom stereocenters. The quantitative estimate of drug-likeness (QED) is 0.0261. The van der Waals surface area contributed by atoms with Crippen molar-refractivity contribution in [1.29, 1.82) is 0 Å². The number of rotatable bonds is 54. The first-order chi connectivity index (χ1) is 35.5. The predicted molar refractivity (Wildman–Crippen MR) is 311 cm³/mol. The van der Waals surface area contributed by atoms with E-state index in [4.69, 9.17) is 14.2 Å². The summed E-state index contributed by atoms with van der Waals surface area (Å²) < 4.78 is 16.8. The fourth-order valence-corrected chi connectivity index (χ4v) is 8.30. The van der Waals surface area contributed by atoms with Gasteiger partial charge in [0.05, 0.1) is 0 Å². The third-order valence-corrected chi connectivity index (χ3v) is 12.8. The Bertz CT molecular complexity index is 1430. The lowest BCUT2D eigenvalue weighted by Crippen LogP contribution is -2.30. The highest BCUT2D eigenvalue weighted by atomic mass is 16.6. The van der Waals surface area contributed by atoms with Crippen LogP contribution in [0, 0.1) is 0 Å². The van der Waals surface area contributed by atoms with Crippen LogP contribution in [0.2, 0.25) is 0 Å². The highest BCUT2D eigenvalue weighted by Crippen LogP contribution is 2.15. The number of carbonyl (C=O) groups excluding carboxylic acids is 3. The summed E-state index contributed by atoms with van der Waals surface area (Å²) in [5.41, 5.74) is 0. The van der Waals surface area contributed by atoms with Gasteiger partial charge in [0, 0.05) is 19.3 Å². The van der Waals surface area contributed by atoms with Gasteiger partial charge in [-0.15, -0.1) is 0 Å². The normalized spacial score (nSPS) is 12.8. The van der Waals surface area contributed by atoms with Gasteiger partial charge in [-0.25, -0.2) is 0 Å². The first-order valence-corrected chi connectivity index (χ1v) is 30.2. The minimum absolute atomic E-state index is 0.0851. The van der Waals surface area contributed by atoms with Gasteiger partial charge in [0.2, 0.25) is 0 Å². The molecule has 0 aromatic rings. The molecule has 0 aromatic heterocycles. The van der Waals surface area contributed by atoms with Crippen molar-refractivity contribution < 1.29 is 28.6 Å². The standard InChI is InChI=1S/C66H112O6/c1-4-7-10-13-16-19-22-24-26-28-29-30-31-32-33-34-35-36-37-38-40-41-44-47-50-53-56-59-65(68)71-62-63(61-70-64(67)58-55-52-49-46-43-21-18-15-12-9-6-3)72-66(69)60-57-54-51-48-45-42-39-27-25-23-20-17-14-11-8-5-2/h7,10,16,19,24,26-27,29-30,32-33,35-36,38-40,63H,4-6,8-9,11-15,17-18,20-23,25,28,31,34,37,41-62H2,1-3H3/b10-7-,19-16-,26-24-,30-29-,33-32-,36-35-,39-27-,40-38-. The molecule has 412 valence electrons. The Labute approximate surface area is 445 Å². The van der Waals surface area contributed by atoms with E-state index in [1.165, 1.54) is 109 Å². The van der Waals surface area contributed by atoms with E-state index in [-0.39, 0.29) is 31.1 Å². The van der Waals surface area contributed by atoms with E-state index in [0.717, 1.165) is 135 Å². The Balaban J connectivity index is 4.34. The zero-order valence-electron chi connectivity index (χ0n) is 47.2. The van der Waals surface area contributed by atoms with E-state index in [1.54, 1.807) is 0 Å². The molecule has 0 N–H and O–H groups in total. The zero-order chi connectivity index (χ0) is 52.2. The van der Waals surface area contributed by atoms with Gasteiger partial charge in [-0.3, -0.25) is 14.4 Å². The molecule has 0 saturated heterocycles. The summed E-state index contributed by atoms with van der Waals surface area (Å²) in [6.45, 7) is 6.51. The SMILES string of the molecule is CC/C=C\C/C=C\C/C=C\C/C=C\C/C=C\C/C=C\C/C=C\CCCCCCCC(=O)OCC(COC(=O)CCCCCCCCCCCCC)OC(=O)CCCCCCC/C=C\CCCCCCCCC. The lowest BCUT2D eigenvalue weighted by molar-refractivity contribution is -0.167. The van der Waals surface area contributed by atoms with E-state index in [2.05, 4.69) is 118 Å². The highest BCUT2D eigenvalue weighted by molar-refractivity contribution is 5.71. The Morgan fingerprint density at radius 1 is 0.292 bits per heavy atom. The minimum Gasteiger partial charge on any atom is -0.462 e. The van der Waals surface area contributed by atoms with E-state index >= 15 is 0 Å². The molecule has 0 fully saturated rings.